The first-order valence-electron chi connectivity index (χ1n) is 11.1. The Morgan fingerprint density at radius 3 is 2.50 bits per heavy atom. The largest absolute Gasteiger partial charge is 0.334 e. The zero-order valence-electron chi connectivity index (χ0n) is 17.6. The smallest absolute Gasteiger partial charge is 0.329 e. The van der Waals surface area contributed by atoms with Gasteiger partial charge in [-0.3, -0.25) is 9.78 Å². The van der Waals surface area contributed by atoms with E-state index >= 15 is 0 Å². The Bertz CT molecular complexity index is 1360. The van der Waals surface area contributed by atoms with Crippen LogP contribution in [0.4, 0.5) is 10.5 Å². The van der Waals surface area contributed by atoms with E-state index in [4.69, 9.17) is 0 Å². The fourth-order valence-electron chi connectivity index (χ4n) is 5.39. The summed E-state index contributed by atoms with van der Waals surface area (Å²) in [5.41, 5.74) is 1.84. The monoisotopic (exact) mass is 421 g/mol. The van der Waals surface area contributed by atoms with Gasteiger partial charge in [0.2, 0.25) is 5.91 Å². The second-order valence-electron chi connectivity index (χ2n) is 8.83. The Morgan fingerprint density at radius 1 is 0.844 bits per heavy atom. The van der Waals surface area contributed by atoms with Gasteiger partial charge in [-0.2, -0.15) is 0 Å². The average molecular weight is 422 g/mol. The minimum atomic E-state index is -0.353. The molecule has 158 valence electrons. The van der Waals surface area contributed by atoms with E-state index in [1.807, 2.05) is 30.3 Å². The molecule has 1 N–H and O–H groups in total. The number of nitrogens with zero attached hydrogens (tertiary/aromatic N) is 2. The molecule has 2 fully saturated rings. The van der Waals surface area contributed by atoms with Crippen LogP contribution in [0.25, 0.3) is 21.5 Å². The lowest BCUT2D eigenvalue weighted by molar-refractivity contribution is -0.124. The van der Waals surface area contributed by atoms with Crippen molar-refractivity contribution in [1.82, 2.24) is 10.3 Å². The number of imide groups is 1. The number of pyridine rings is 1. The van der Waals surface area contributed by atoms with Crippen molar-refractivity contribution < 1.29 is 9.59 Å². The number of hydrogen-bond acceptors (Lipinski definition) is 3. The van der Waals surface area contributed by atoms with Crippen LogP contribution < -0.4 is 10.2 Å². The predicted molar refractivity (Wildman–Crippen MR) is 126 cm³/mol. The summed E-state index contributed by atoms with van der Waals surface area (Å²) in [6.45, 7) is 0. The first kappa shape index (κ1) is 19.0. The number of hydrogen-bond donors (Lipinski definition) is 1. The van der Waals surface area contributed by atoms with E-state index in [-0.39, 0.29) is 23.9 Å². The first-order chi connectivity index (χ1) is 15.7. The van der Waals surface area contributed by atoms with Crippen LogP contribution in [0.5, 0.6) is 0 Å². The number of urea groups is 1. The molecule has 1 saturated heterocycles. The van der Waals surface area contributed by atoms with Crippen molar-refractivity contribution in [2.45, 2.75) is 31.2 Å². The van der Waals surface area contributed by atoms with Gasteiger partial charge in [0.1, 0.15) is 0 Å². The van der Waals surface area contributed by atoms with E-state index in [0.717, 1.165) is 30.0 Å². The maximum Gasteiger partial charge on any atom is 0.329 e. The molecule has 1 aromatic heterocycles. The van der Waals surface area contributed by atoms with Crippen LogP contribution in [-0.2, 0) is 4.79 Å². The molecule has 1 saturated carbocycles. The summed E-state index contributed by atoms with van der Waals surface area (Å²) in [7, 11) is 0. The topological polar surface area (TPSA) is 62.3 Å². The van der Waals surface area contributed by atoms with Crippen LogP contribution in [0.15, 0.2) is 79.1 Å². The number of nitrogens with one attached hydrogen (secondary N) is 1. The highest BCUT2D eigenvalue weighted by Gasteiger charge is 2.45. The highest BCUT2D eigenvalue weighted by atomic mass is 16.2. The molecule has 2 heterocycles. The van der Waals surface area contributed by atoms with Crippen LogP contribution in [0.3, 0.4) is 0 Å². The number of amides is 3. The van der Waals surface area contributed by atoms with Crippen LogP contribution in [0.1, 0.15) is 30.7 Å². The van der Waals surface area contributed by atoms with E-state index in [9.17, 15) is 9.59 Å². The van der Waals surface area contributed by atoms with E-state index in [1.54, 1.807) is 12.4 Å². The first-order valence-corrected chi connectivity index (χ1v) is 11.1. The molecule has 0 spiro atoms. The molecule has 3 atom stereocenters. The third kappa shape index (κ3) is 3.04. The predicted octanol–water partition coefficient (Wildman–Crippen LogP) is 5.40. The molecule has 0 radical (unpaired) electrons. The highest BCUT2D eigenvalue weighted by molar-refractivity contribution is 6.20. The number of aromatic nitrogens is 1. The summed E-state index contributed by atoms with van der Waals surface area (Å²) < 4.78 is 0. The molecule has 0 bridgehead atoms. The zero-order chi connectivity index (χ0) is 21.7. The molecule has 3 amide bonds. The lowest BCUT2D eigenvalue weighted by Gasteiger charge is -2.42. The number of fused-ring (bicyclic) bond motifs is 3. The van der Waals surface area contributed by atoms with Gasteiger partial charge in [0.15, 0.2) is 0 Å². The number of carbonyl (C=O) groups is 2. The van der Waals surface area contributed by atoms with E-state index in [1.165, 1.54) is 21.2 Å². The number of benzene rings is 3. The Kier molecular flexibility index (Phi) is 4.42. The fourth-order valence-corrected chi connectivity index (χ4v) is 5.39. The van der Waals surface area contributed by atoms with Crippen LogP contribution >= 0.6 is 0 Å². The summed E-state index contributed by atoms with van der Waals surface area (Å²) in [6, 6.07) is 22.2. The van der Waals surface area contributed by atoms with Crippen molar-refractivity contribution in [3.05, 3.63) is 84.7 Å². The van der Waals surface area contributed by atoms with Gasteiger partial charge in [-0.15, -0.1) is 0 Å². The quantitative estimate of drug-likeness (QED) is 0.472. The van der Waals surface area contributed by atoms with Crippen LogP contribution in [-0.4, -0.2) is 23.0 Å². The van der Waals surface area contributed by atoms with Crippen molar-refractivity contribution in [3.8, 4) is 0 Å². The summed E-state index contributed by atoms with van der Waals surface area (Å²) in [5.74, 6) is 0.0111. The van der Waals surface area contributed by atoms with Crippen molar-refractivity contribution in [1.29, 1.82) is 0 Å². The molecule has 4 aromatic rings. The Labute approximate surface area is 186 Å². The Morgan fingerprint density at radius 2 is 1.62 bits per heavy atom. The molecule has 1 aliphatic carbocycles. The van der Waals surface area contributed by atoms with Crippen LogP contribution in [0, 0.1) is 5.92 Å². The third-order valence-corrected chi connectivity index (χ3v) is 7.03. The van der Waals surface area contributed by atoms with Gasteiger partial charge in [0.05, 0.1) is 17.8 Å². The van der Waals surface area contributed by atoms with E-state index < -0.39 is 0 Å². The standard InChI is InChI=1S/C27H23N3O2/c31-26-23-12-11-20(19-10-9-17-5-1-2-6-18(17)13-19)14-24(23)29-27(32)30(26)25-16-28-15-21-7-3-4-8-22(21)25/h1-10,13,15-16,20,23-24H,11-12,14H2,(H,29,32). The molecule has 32 heavy (non-hydrogen) atoms. The molecule has 3 unspecified atom stereocenters. The van der Waals surface area contributed by atoms with Crippen molar-refractivity contribution in [2.75, 3.05) is 4.90 Å². The zero-order valence-corrected chi connectivity index (χ0v) is 17.6. The second kappa shape index (κ2) is 7.45. The highest BCUT2D eigenvalue weighted by Crippen LogP contribution is 2.40. The van der Waals surface area contributed by atoms with Gasteiger partial charge in [0, 0.05) is 23.0 Å². The minimum absolute atomic E-state index is 0.117. The van der Waals surface area contributed by atoms with E-state index in [0.29, 0.717) is 11.6 Å². The molecule has 6 rings (SSSR count). The maximum absolute atomic E-state index is 13.5. The normalized spacial score (nSPS) is 23.2. The number of anilines is 1. The second-order valence-corrected chi connectivity index (χ2v) is 8.83. The molecule has 5 nitrogen and oxygen atoms in total. The maximum atomic E-state index is 13.5. The lowest BCUT2D eigenvalue weighted by atomic mass is 9.74. The van der Waals surface area contributed by atoms with Crippen molar-refractivity contribution in [3.63, 3.8) is 0 Å². The van der Waals surface area contributed by atoms with Gasteiger partial charge in [-0.25, -0.2) is 9.69 Å². The molecule has 5 heteroatoms. The van der Waals surface area contributed by atoms with Gasteiger partial charge in [0.25, 0.3) is 0 Å². The molecule has 2 aliphatic rings. The summed E-state index contributed by atoms with van der Waals surface area (Å²) in [4.78, 5) is 32.1. The SMILES string of the molecule is O=C1NC2CC(c3ccc4ccccc4c3)CCC2C(=O)N1c1cncc2ccccc12. The molecule has 3 aromatic carbocycles. The van der Waals surface area contributed by atoms with Gasteiger partial charge < -0.3 is 5.32 Å². The number of carbonyl (C=O) groups excluding carboxylic acids is 2. The molecular weight excluding hydrogens is 398 g/mol. The number of rotatable bonds is 2. The van der Waals surface area contributed by atoms with Crippen molar-refractivity contribution in [2.24, 2.45) is 5.92 Å². The summed E-state index contributed by atoms with van der Waals surface area (Å²) >= 11 is 0. The van der Waals surface area contributed by atoms with Crippen molar-refractivity contribution >= 4 is 39.2 Å². The lowest BCUT2D eigenvalue weighted by Crippen LogP contribution is -2.61. The van der Waals surface area contributed by atoms with Gasteiger partial charge in [-0.05, 0) is 41.5 Å². The Hall–Kier alpha value is -3.73. The third-order valence-electron chi connectivity index (χ3n) is 7.03. The fraction of sp³-hybridized carbons (Fsp3) is 0.222. The molecular formula is C27H23N3O2. The minimum Gasteiger partial charge on any atom is -0.334 e. The average Bonchev–Trinajstić information content (AvgIpc) is 2.83. The van der Waals surface area contributed by atoms with E-state index in [2.05, 4.69) is 46.7 Å². The molecule has 1 aliphatic heterocycles. The van der Waals surface area contributed by atoms with Gasteiger partial charge >= 0.3 is 6.03 Å². The summed E-state index contributed by atoms with van der Waals surface area (Å²) in [5, 5.41) is 7.36. The van der Waals surface area contributed by atoms with Crippen LogP contribution in [0.2, 0.25) is 0 Å². The Balaban J connectivity index is 1.28. The van der Waals surface area contributed by atoms with Gasteiger partial charge in [-0.1, -0.05) is 66.7 Å². The summed E-state index contributed by atoms with van der Waals surface area (Å²) in [6.07, 6.45) is 5.84.